The van der Waals surface area contributed by atoms with Crippen LogP contribution >= 0.6 is 11.8 Å². The molecule has 0 saturated carbocycles. The number of nitrogens with one attached hydrogen (secondary N) is 1. The second-order valence-corrected chi connectivity index (χ2v) is 4.86. The summed E-state index contributed by atoms with van der Waals surface area (Å²) in [4.78, 5) is 4.39. The van der Waals surface area contributed by atoms with Crippen LogP contribution in [0.25, 0.3) is 0 Å². The highest BCUT2D eigenvalue weighted by molar-refractivity contribution is 8.14. The van der Waals surface area contributed by atoms with Gasteiger partial charge in [0.15, 0.2) is 5.17 Å². The van der Waals surface area contributed by atoms with E-state index >= 15 is 0 Å². The van der Waals surface area contributed by atoms with Crippen LogP contribution in [0, 0.1) is 0 Å². The fourth-order valence-electron chi connectivity index (χ4n) is 1.95. The minimum absolute atomic E-state index is 0.952. The average molecular weight is 219 g/mol. The summed E-state index contributed by atoms with van der Waals surface area (Å²) in [6.07, 6.45) is 0. The number of amidine groups is 1. The Morgan fingerprint density at radius 2 is 1.93 bits per heavy atom. The minimum atomic E-state index is 0.952. The third kappa shape index (κ3) is 1.87. The first-order chi connectivity index (χ1) is 7.42. The number of hydrogen-bond donors (Lipinski definition) is 1. The number of rotatable bonds is 1. The van der Waals surface area contributed by atoms with E-state index in [0.29, 0.717) is 0 Å². The molecule has 15 heavy (non-hydrogen) atoms. The first-order valence-corrected chi connectivity index (χ1v) is 6.16. The van der Waals surface area contributed by atoms with Gasteiger partial charge in [-0.3, -0.25) is 10.4 Å². The van der Waals surface area contributed by atoms with E-state index in [1.807, 2.05) is 0 Å². The van der Waals surface area contributed by atoms with Crippen molar-refractivity contribution in [2.75, 3.05) is 12.3 Å². The SMILES string of the molecule is c1ccc2c(c1)CN(NC1=NCCS1)C2. The Balaban J connectivity index is 1.68. The number of hydrogen-bond acceptors (Lipinski definition) is 4. The first kappa shape index (κ1) is 9.24. The van der Waals surface area contributed by atoms with Crippen molar-refractivity contribution in [3.05, 3.63) is 35.4 Å². The molecule has 0 aliphatic carbocycles. The van der Waals surface area contributed by atoms with E-state index in [2.05, 4.69) is 39.7 Å². The Morgan fingerprint density at radius 1 is 1.20 bits per heavy atom. The van der Waals surface area contributed by atoms with Crippen molar-refractivity contribution in [2.24, 2.45) is 4.99 Å². The van der Waals surface area contributed by atoms with Gasteiger partial charge in [0.05, 0.1) is 6.54 Å². The molecule has 0 bridgehead atoms. The molecule has 0 fully saturated rings. The van der Waals surface area contributed by atoms with Crippen LogP contribution < -0.4 is 5.43 Å². The Bertz CT molecular complexity index is 378. The zero-order valence-corrected chi connectivity index (χ0v) is 9.26. The molecule has 2 aliphatic heterocycles. The Kier molecular flexibility index (Phi) is 2.38. The summed E-state index contributed by atoms with van der Waals surface area (Å²) in [6, 6.07) is 8.59. The van der Waals surface area contributed by atoms with Crippen LogP contribution in [0.2, 0.25) is 0 Å². The third-order valence-corrected chi connectivity index (χ3v) is 3.56. The van der Waals surface area contributed by atoms with E-state index < -0.39 is 0 Å². The van der Waals surface area contributed by atoms with Crippen molar-refractivity contribution >= 4 is 16.9 Å². The molecule has 1 N–H and O–H groups in total. The summed E-state index contributed by atoms with van der Waals surface area (Å²) in [7, 11) is 0. The molecule has 2 heterocycles. The summed E-state index contributed by atoms with van der Waals surface area (Å²) < 4.78 is 0. The lowest BCUT2D eigenvalue weighted by molar-refractivity contribution is 0.244. The van der Waals surface area contributed by atoms with Crippen molar-refractivity contribution < 1.29 is 0 Å². The van der Waals surface area contributed by atoms with Gasteiger partial charge in [-0.25, -0.2) is 5.01 Å². The summed E-state index contributed by atoms with van der Waals surface area (Å²) in [6.45, 7) is 2.92. The average Bonchev–Trinajstić information content (AvgIpc) is 2.86. The first-order valence-electron chi connectivity index (χ1n) is 5.17. The topological polar surface area (TPSA) is 27.6 Å². The molecule has 4 heteroatoms. The number of nitrogens with zero attached hydrogens (tertiary/aromatic N) is 2. The molecule has 0 spiro atoms. The fraction of sp³-hybridized carbons (Fsp3) is 0.364. The zero-order chi connectivity index (χ0) is 10.1. The van der Waals surface area contributed by atoms with Crippen LogP contribution in [0.1, 0.15) is 11.1 Å². The van der Waals surface area contributed by atoms with Crippen LogP contribution in [-0.2, 0) is 13.1 Å². The number of benzene rings is 1. The lowest BCUT2D eigenvalue weighted by Crippen LogP contribution is -2.36. The van der Waals surface area contributed by atoms with Crippen molar-refractivity contribution in [3.63, 3.8) is 0 Å². The van der Waals surface area contributed by atoms with Crippen LogP contribution in [0.5, 0.6) is 0 Å². The van der Waals surface area contributed by atoms with Gasteiger partial charge in [0, 0.05) is 18.8 Å². The predicted octanol–water partition coefficient (Wildman–Crippen LogP) is 1.61. The number of fused-ring (bicyclic) bond motifs is 1. The molecule has 3 rings (SSSR count). The number of thioether (sulfide) groups is 1. The maximum absolute atomic E-state index is 4.39. The van der Waals surface area contributed by atoms with E-state index in [9.17, 15) is 0 Å². The smallest absolute Gasteiger partial charge is 0.171 e. The van der Waals surface area contributed by atoms with E-state index in [0.717, 1.165) is 30.6 Å². The van der Waals surface area contributed by atoms with Crippen LogP contribution in [-0.4, -0.2) is 22.5 Å². The molecule has 0 aromatic heterocycles. The molecule has 1 aromatic rings. The summed E-state index contributed by atoms with van der Waals surface area (Å²) in [5.41, 5.74) is 6.22. The fourth-order valence-corrected chi connectivity index (χ4v) is 2.70. The van der Waals surface area contributed by atoms with E-state index in [1.54, 1.807) is 11.8 Å². The molecule has 1 aromatic carbocycles. The number of hydrazine groups is 1. The van der Waals surface area contributed by atoms with Crippen LogP contribution in [0.3, 0.4) is 0 Å². The molecule has 0 amide bonds. The van der Waals surface area contributed by atoms with Crippen molar-refractivity contribution in [2.45, 2.75) is 13.1 Å². The molecule has 2 aliphatic rings. The maximum atomic E-state index is 4.39. The standard InChI is InChI=1S/C11H13N3S/c1-2-4-10-8-14(7-9(10)3-1)13-11-12-5-6-15-11/h1-4H,5-8H2,(H,12,13). The molecule has 0 atom stereocenters. The monoisotopic (exact) mass is 219 g/mol. The van der Waals surface area contributed by atoms with Gasteiger partial charge in [-0.05, 0) is 11.1 Å². The maximum Gasteiger partial charge on any atom is 0.171 e. The Morgan fingerprint density at radius 3 is 2.53 bits per heavy atom. The summed E-state index contributed by atoms with van der Waals surface area (Å²) >= 11 is 1.81. The Hall–Kier alpha value is -1.000. The quantitative estimate of drug-likeness (QED) is 0.777. The molecule has 78 valence electrons. The van der Waals surface area contributed by atoms with Crippen LogP contribution in [0.4, 0.5) is 0 Å². The summed E-state index contributed by atoms with van der Waals surface area (Å²) in [5.74, 6) is 1.11. The zero-order valence-electron chi connectivity index (χ0n) is 8.44. The predicted molar refractivity (Wildman–Crippen MR) is 63.6 cm³/mol. The van der Waals surface area contributed by atoms with E-state index in [4.69, 9.17) is 0 Å². The summed E-state index contributed by atoms with van der Waals surface area (Å²) in [5, 5.41) is 3.30. The van der Waals surface area contributed by atoms with E-state index in [1.165, 1.54) is 11.1 Å². The highest BCUT2D eigenvalue weighted by Crippen LogP contribution is 2.21. The lowest BCUT2D eigenvalue weighted by atomic mass is 10.1. The Labute approximate surface area is 93.5 Å². The molecule has 0 radical (unpaired) electrons. The molecular formula is C11H13N3S. The highest BCUT2D eigenvalue weighted by atomic mass is 32.2. The van der Waals surface area contributed by atoms with Gasteiger partial charge in [0.2, 0.25) is 0 Å². The van der Waals surface area contributed by atoms with E-state index in [-0.39, 0.29) is 0 Å². The van der Waals surface area contributed by atoms with Crippen LogP contribution in [0.15, 0.2) is 29.3 Å². The second-order valence-electron chi connectivity index (χ2n) is 3.77. The third-order valence-electron chi connectivity index (χ3n) is 2.68. The van der Waals surface area contributed by atoms with Gasteiger partial charge in [-0.1, -0.05) is 36.0 Å². The van der Waals surface area contributed by atoms with Gasteiger partial charge in [0.1, 0.15) is 0 Å². The van der Waals surface area contributed by atoms with Gasteiger partial charge in [0.25, 0.3) is 0 Å². The van der Waals surface area contributed by atoms with Crippen molar-refractivity contribution in [3.8, 4) is 0 Å². The molecule has 0 unspecified atom stereocenters. The molecular weight excluding hydrogens is 206 g/mol. The lowest BCUT2D eigenvalue weighted by Gasteiger charge is -2.16. The van der Waals surface area contributed by atoms with Gasteiger partial charge >= 0.3 is 0 Å². The van der Waals surface area contributed by atoms with Gasteiger partial charge in [-0.2, -0.15) is 0 Å². The van der Waals surface area contributed by atoms with Gasteiger partial charge < -0.3 is 0 Å². The van der Waals surface area contributed by atoms with Crippen molar-refractivity contribution in [1.82, 2.24) is 10.4 Å². The number of aliphatic imine (C=N–C) groups is 1. The molecule has 0 saturated heterocycles. The normalized spacial score (nSPS) is 20.1. The van der Waals surface area contributed by atoms with Crippen molar-refractivity contribution in [1.29, 1.82) is 0 Å². The minimum Gasteiger partial charge on any atom is -0.297 e. The largest absolute Gasteiger partial charge is 0.297 e. The second kappa shape index (κ2) is 3.87. The van der Waals surface area contributed by atoms with Gasteiger partial charge in [-0.15, -0.1) is 0 Å². The molecule has 3 nitrogen and oxygen atoms in total. The highest BCUT2D eigenvalue weighted by Gasteiger charge is 2.19.